The first kappa shape index (κ1) is 21.8. The molecule has 0 aliphatic rings. The van der Waals surface area contributed by atoms with Gasteiger partial charge in [-0.15, -0.1) is 0 Å². The van der Waals surface area contributed by atoms with Crippen molar-refractivity contribution in [1.82, 2.24) is 5.32 Å². The van der Waals surface area contributed by atoms with E-state index in [2.05, 4.69) is 10.6 Å². The fourth-order valence-corrected chi connectivity index (χ4v) is 2.83. The Bertz CT molecular complexity index is 1080. The first-order valence-corrected chi connectivity index (χ1v) is 9.89. The van der Waals surface area contributed by atoms with Gasteiger partial charge in [0.25, 0.3) is 11.8 Å². The predicted octanol–water partition coefficient (Wildman–Crippen LogP) is 4.03. The van der Waals surface area contributed by atoms with Gasteiger partial charge in [-0.3, -0.25) is 14.4 Å². The van der Waals surface area contributed by atoms with Crippen molar-refractivity contribution in [3.8, 4) is 0 Å². The van der Waals surface area contributed by atoms with Gasteiger partial charge in [0.05, 0.1) is 0 Å². The van der Waals surface area contributed by atoms with Gasteiger partial charge in [-0.1, -0.05) is 36.4 Å². The summed E-state index contributed by atoms with van der Waals surface area (Å²) in [5.74, 6) is -1.08. The lowest BCUT2D eigenvalue weighted by atomic mass is 10.1. The highest BCUT2D eigenvalue weighted by Crippen LogP contribution is 2.11. The SMILES string of the molecule is Cc1ccc(C(=O)NCC(=O)OCc2ccc(C(=O)Nc3ccccc3)cc2)cc1C. The summed E-state index contributed by atoms with van der Waals surface area (Å²) < 4.78 is 5.20. The van der Waals surface area contributed by atoms with Crippen LogP contribution in [0.2, 0.25) is 0 Å². The van der Waals surface area contributed by atoms with Crippen LogP contribution in [-0.4, -0.2) is 24.3 Å². The molecule has 3 aromatic carbocycles. The molecule has 0 saturated carbocycles. The van der Waals surface area contributed by atoms with Crippen molar-refractivity contribution >= 4 is 23.5 Å². The third-order valence-electron chi connectivity index (χ3n) is 4.81. The molecule has 2 amide bonds. The first-order valence-electron chi connectivity index (χ1n) is 9.89. The molecule has 6 nitrogen and oxygen atoms in total. The molecule has 3 aromatic rings. The van der Waals surface area contributed by atoms with E-state index < -0.39 is 5.97 Å². The predicted molar refractivity (Wildman–Crippen MR) is 119 cm³/mol. The lowest BCUT2D eigenvalue weighted by Gasteiger charge is -2.09. The number of rotatable bonds is 7. The second-order valence-electron chi connectivity index (χ2n) is 7.16. The fourth-order valence-electron chi connectivity index (χ4n) is 2.83. The number of aryl methyl sites for hydroxylation is 2. The molecule has 0 bridgehead atoms. The van der Waals surface area contributed by atoms with Crippen LogP contribution >= 0.6 is 0 Å². The highest BCUT2D eigenvalue weighted by Gasteiger charge is 2.11. The third-order valence-corrected chi connectivity index (χ3v) is 4.81. The van der Waals surface area contributed by atoms with Crippen molar-refractivity contribution in [2.24, 2.45) is 0 Å². The van der Waals surface area contributed by atoms with E-state index in [0.29, 0.717) is 16.8 Å². The number of para-hydroxylation sites is 1. The van der Waals surface area contributed by atoms with E-state index in [4.69, 9.17) is 4.74 Å². The zero-order valence-electron chi connectivity index (χ0n) is 17.5. The van der Waals surface area contributed by atoms with Crippen LogP contribution in [0, 0.1) is 13.8 Å². The summed E-state index contributed by atoms with van der Waals surface area (Å²) in [6, 6.07) is 21.3. The van der Waals surface area contributed by atoms with Gasteiger partial charge in [-0.2, -0.15) is 0 Å². The molecule has 0 saturated heterocycles. The van der Waals surface area contributed by atoms with Crippen LogP contribution < -0.4 is 10.6 Å². The Morgan fingerprint density at radius 3 is 2.13 bits per heavy atom. The normalized spacial score (nSPS) is 10.3. The number of amides is 2. The van der Waals surface area contributed by atoms with Gasteiger partial charge < -0.3 is 15.4 Å². The maximum atomic E-state index is 12.3. The maximum Gasteiger partial charge on any atom is 0.325 e. The summed E-state index contributed by atoms with van der Waals surface area (Å²) in [5.41, 5.74) is 4.56. The maximum absolute atomic E-state index is 12.3. The molecule has 0 radical (unpaired) electrons. The van der Waals surface area contributed by atoms with E-state index in [-0.39, 0.29) is 25.0 Å². The number of hydrogen-bond donors (Lipinski definition) is 2. The van der Waals surface area contributed by atoms with Crippen molar-refractivity contribution < 1.29 is 19.1 Å². The summed E-state index contributed by atoms with van der Waals surface area (Å²) in [5, 5.41) is 5.37. The average molecular weight is 416 g/mol. The minimum atomic E-state index is -0.539. The van der Waals surface area contributed by atoms with E-state index in [1.54, 1.807) is 36.4 Å². The van der Waals surface area contributed by atoms with Crippen molar-refractivity contribution in [2.45, 2.75) is 20.5 Å². The Morgan fingerprint density at radius 2 is 1.45 bits per heavy atom. The lowest BCUT2D eigenvalue weighted by molar-refractivity contribution is -0.143. The van der Waals surface area contributed by atoms with Gasteiger partial charge >= 0.3 is 5.97 Å². The van der Waals surface area contributed by atoms with Crippen molar-refractivity contribution in [3.63, 3.8) is 0 Å². The average Bonchev–Trinajstić information content (AvgIpc) is 2.79. The smallest absolute Gasteiger partial charge is 0.325 e. The van der Waals surface area contributed by atoms with Gasteiger partial charge in [-0.05, 0) is 66.9 Å². The Labute approximate surface area is 181 Å². The molecule has 3 rings (SSSR count). The van der Waals surface area contributed by atoms with Crippen LogP contribution in [0.4, 0.5) is 5.69 Å². The highest BCUT2D eigenvalue weighted by molar-refractivity contribution is 6.04. The monoisotopic (exact) mass is 416 g/mol. The van der Waals surface area contributed by atoms with E-state index in [1.807, 2.05) is 50.2 Å². The van der Waals surface area contributed by atoms with E-state index in [9.17, 15) is 14.4 Å². The Kier molecular flexibility index (Phi) is 7.17. The number of ether oxygens (including phenoxy) is 1. The first-order chi connectivity index (χ1) is 14.9. The van der Waals surface area contributed by atoms with Crippen molar-refractivity contribution in [3.05, 3.63) is 101 Å². The second-order valence-corrected chi connectivity index (χ2v) is 7.16. The summed E-state index contributed by atoms with van der Waals surface area (Å²) in [6.45, 7) is 3.73. The molecule has 0 aliphatic heterocycles. The largest absolute Gasteiger partial charge is 0.460 e. The summed E-state index contributed by atoms with van der Waals surface area (Å²) in [7, 11) is 0. The van der Waals surface area contributed by atoms with Gasteiger partial charge in [-0.25, -0.2) is 0 Å². The molecule has 0 atom stereocenters. The second kappa shape index (κ2) is 10.2. The zero-order valence-corrected chi connectivity index (χ0v) is 17.5. The van der Waals surface area contributed by atoms with Crippen LogP contribution in [0.25, 0.3) is 0 Å². The standard InChI is InChI=1S/C25H24N2O4/c1-17-8-11-21(14-18(17)2)24(29)26-15-23(28)31-16-19-9-12-20(13-10-19)25(30)27-22-6-4-3-5-7-22/h3-14H,15-16H2,1-2H3,(H,26,29)(H,27,30). The molecule has 0 spiro atoms. The number of carbonyl (C=O) groups excluding carboxylic acids is 3. The molecule has 2 N–H and O–H groups in total. The summed E-state index contributed by atoms with van der Waals surface area (Å²) in [6.07, 6.45) is 0. The Hall–Kier alpha value is -3.93. The molecule has 0 aromatic heterocycles. The lowest BCUT2D eigenvalue weighted by Crippen LogP contribution is -2.30. The number of nitrogens with one attached hydrogen (secondary N) is 2. The van der Waals surface area contributed by atoms with Gasteiger partial charge in [0, 0.05) is 16.8 Å². The van der Waals surface area contributed by atoms with Gasteiger partial charge in [0.15, 0.2) is 0 Å². The van der Waals surface area contributed by atoms with E-state index in [0.717, 1.165) is 16.7 Å². The minimum absolute atomic E-state index is 0.0545. The van der Waals surface area contributed by atoms with Crippen LogP contribution in [0.5, 0.6) is 0 Å². The number of benzene rings is 3. The molecular weight excluding hydrogens is 392 g/mol. The Balaban J connectivity index is 1.45. The van der Waals surface area contributed by atoms with Crippen molar-refractivity contribution in [1.29, 1.82) is 0 Å². The number of anilines is 1. The number of hydrogen-bond acceptors (Lipinski definition) is 4. The Morgan fingerprint density at radius 1 is 0.774 bits per heavy atom. The van der Waals surface area contributed by atoms with Crippen LogP contribution in [0.3, 0.4) is 0 Å². The fraction of sp³-hybridized carbons (Fsp3) is 0.160. The molecule has 31 heavy (non-hydrogen) atoms. The summed E-state index contributed by atoms with van der Waals surface area (Å²) in [4.78, 5) is 36.4. The van der Waals surface area contributed by atoms with Crippen LogP contribution in [-0.2, 0) is 16.1 Å². The quantitative estimate of drug-likeness (QED) is 0.570. The molecule has 0 unspecified atom stereocenters. The van der Waals surface area contributed by atoms with E-state index >= 15 is 0 Å². The molecule has 0 aliphatic carbocycles. The summed E-state index contributed by atoms with van der Waals surface area (Å²) >= 11 is 0. The van der Waals surface area contributed by atoms with Gasteiger partial charge in [0.1, 0.15) is 13.2 Å². The number of carbonyl (C=O) groups is 3. The molecule has 0 heterocycles. The minimum Gasteiger partial charge on any atom is -0.460 e. The molecule has 6 heteroatoms. The third kappa shape index (κ3) is 6.27. The molecular formula is C25H24N2O4. The zero-order chi connectivity index (χ0) is 22.2. The number of esters is 1. The highest BCUT2D eigenvalue weighted by atomic mass is 16.5. The molecule has 158 valence electrons. The van der Waals surface area contributed by atoms with Gasteiger partial charge in [0.2, 0.25) is 0 Å². The van der Waals surface area contributed by atoms with E-state index in [1.165, 1.54) is 0 Å². The topological polar surface area (TPSA) is 84.5 Å². The van der Waals surface area contributed by atoms with Crippen molar-refractivity contribution in [2.75, 3.05) is 11.9 Å². The van der Waals surface area contributed by atoms with Crippen LogP contribution in [0.1, 0.15) is 37.4 Å². The van der Waals surface area contributed by atoms with Crippen LogP contribution in [0.15, 0.2) is 72.8 Å². The molecule has 0 fully saturated rings.